The van der Waals surface area contributed by atoms with Gasteiger partial charge in [-0.2, -0.15) is 13.2 Å². The first-order chi connectivity index (χ1) is 16.0. The molecule has 0 N–H and O–H groups in total. The van der Waals surface area contributed by atoms with E-state index in [1.165, 1.54) is 31.2 Å². The highest BCUT2D eigenvalue weighted by molar-refractivity contribution is 7.93. The molecule has 0 amide bonds. The molecule has 176 valence electrons. The molecule has 0 atom stereocenters. The summed E-state index contributed by atoms with van der Waals surface area (Å²) in [5, 5.41) is 0.619. The molecular formula is C24H17F4NO3S2. The van der Waals surface area contributed by atoms with Crippen molar-refractivity contribution in [1.29, 1.82) is 0 Å². The Kier molecular flexibility index (Phi) is 6.22. The van der Waals surface area contributed by atoms with Crippen LogP contribution in [0.5, 0.6) is 0 Å². The van der Waals surface area contributed by atoms with Crippen molar-refractivity contribution in [1.82, 2.24) is 0 Å². The molecule has 0 spiro atoms. The second kappa shape index (κ2) is 8.84. The molecule has 4 nitrogen and oxygen atoms in total. The number of anilines is 1. The first-order valence-electron chi connectivity index (χ1n) is 9.96. The Hall–Kier alpha value is -3.24. The molecule has 0 aliphatic heterocycles. The Labute approximate surface area is 197 Å². The first-order valence-corrected chi connectivity index (χ1v) is 12.2. The molecule has 1 aromatic heterocycles. The fraction of sp³-hybridized carbons (Fsp3) is 0.125. The molecule has 0 aliphatic rings. The maximum atomic E-state index is 13.8. The minimum atomic E-state index is -4.95. The van der Waals surface area contributed by atoms with Crippen LogP contribution < -0.4 is 4.31 Å². The minimum Gasteiger partial charge on any atom is -0.294 e. The molecule has 0 aliphatic carbocycles. The number of benzene rings is 3. The van der Waals surface area contributed by atoms with E-state index in [0.29, 0.717) is 22.2 Å². The van der Waals surface area contributed by atoms with Crippen LogP contribution >= 0.6 is 11.3 Å². The van der Waals surface area contributed by atoms with Gasteiger partial charge in [-0.05, 0) is 42.8 Å². The normalized spacial score (nSPS) is 12.1. The number of rotatable bonds is 6. The lowest BCUT2D eigenvalue weighted by molar-refractivity contribution is -0.140. The average molecular weight is 508 g/mol. The number of carbonyl (C=O) groups is 1. The van der Waals surface area contributed by atoms with Crippen LogP contribution in [-0.2, 0) is 22.7 Å². The van der Waals surface area contributed by atoms with Gasteiger partial charge in [0.1, 0.15) is 10.8 Å². The highest BCUT2D eigenvalue weighted by Crippen LogP contribution is 2.42. The Morgan fingerprint density at radius 1 is 0.971 bits per heavy atom. The van der Waals surface area contributed by atoms with Crippen LogP contribution in [-0.4, -0.2) is 14.2 Å². The van der Waals surface area contributed by atoms with E-state index in [4.69, 9.17) is 0 Å². The highest BCUT2D eigenvalue weighted by Gasteiger charge is 2.35. The Bertz CT molecular complexity index is 1480. The molecular weight excluding hydrogens is 490 g/mol. The van der Waals surface area contributed by atoms with Gasteiger partial charge in [0.15, 0.2) is 5.78 Å². The topological polar surface area (TPSA) is 54.5 Å². The van der Waals surface area contributed by atoms with E-state index in [1.54, 1.807) is 30.3 Å². The summed E-state index contributed by atoms with van der Waals surface area (Å²) in [5.41, 5.74) is -1.43. The van der Waals surface area contributed by atoms with E-state index in [-0.39, 0.29) is 21.0 Å². The molecule has 0 unspecified atom stereocenters. The maximum Gasteiger partial charge on any atom is 0.419 e. The number of hydrogen-bond donors (Lipinski definition) is 0. The number of fused-ring (bicyclic) bond motifs is 1. The fourth-order valence-corrected chi connectivity index (χ4v) is 6.54. The first kappa shape index (κ1) is 23.9. The van der Waals surface area contributed by atoms with Crippen molar-refractivity contribution in [3.05, 3.63) is 95.3 Å². The lowest BCUT2D eigenvalue weighted by Crippen LogP contribution is -2.31. The third-order valence-corrected chi connectivity index (χ3v) is 8.22. The van der Waals surface area contributed by atoms with Gasteiger partial charge in [-0.15, -0.1) is 11.3 Å². The molecule has 0 fully saturated rings. The number of carbonyl (C=O) groups excluding carboxylic acids is 1. The summed E-state index contributed by atoms with van der Waals surface area (Å²) in [6, 6.07) is 16.5. The molecule has 4 aromatic rings. The lowest BCUT2D eigenvalue weighted by atomic mass is 10.1. The van der Waals surface area contributed by atoms with Crippen LogP contribution in [0.4, 0.5) is 22.6 Å². The average Bonchev–Trinajstić information content (AvgIpc) is 3.17. The number of halogens is 4. The van der Waals surface area contributed by atoms with Crippen LogP contribution in [0.25, 0.3) is 10.1 Å². The van der Waals surface area contributed by atoms with Gasteiger partial charge in [-0.1, -0.05) is 42.5 Å². The minimum absolute atomic E-state index is 0.0791. The molecule has 10 heteroatoms. The Morgan fingerprint density at radius 2 is 1.62 bits per heavy atom. The lowest BCUT2D eigenvalue weighted by Gasteiger charge is -2.24. The van der Waals surface area contributed by atoms with Crippen LogP contribution in [0, 0.1) is 5.82 Å². The van der Waals surface area contributed by atoms with Gasteiger partial charge in [0.25, 0.3) is 10.0 Å². The summed E-state index contributed by atoms with van der Waals surface area (Å²) in [7, 11) is -4.30. The molecule has 0 bridgehead atoms. The monoisotopic (exact) mass is 507 g/mol. The molecule has 4 rings (SSSR count). The zero-order valence-corrected chi connectivity index (χ0v) is 19.3. The van der Waals surface area contributed by atoms with Crippen molar-refractivity contribution in [3.8, 4) is 0 Å². The molecule has 0 saturated carbocycles. The number of thiophene rings is 1. The van der Waals surface area contributed by atoms with Crippen molar-refractivity contribution in [2.45, 2.75) is 24.5 Å². The van der Waals surface area contributed by atoms with Crippen molar-refractivity contribution < 1.29 is 30.8 Å². The highest BCUT2D eigenvalue weighted by atomic mass is 32.2. The van der Waals surface area contributed by atoms with Crippen LogP contribution in [0.2, 0.25) is 0 Å². The van der Waals surface area contributed by atoms with Gasteiger partial charge < -0.3 is 0 Å². The van der Waals surface area contributed by atoms with E-state index in [0.717, 1.165) is 21.7 Å². The number of nitrogens with zero attached hydrogens (tertiary/aromatic N) is 1. The fourth-order valence-electron chi connectivity index (χ4n) is 3.59. The van der Waals surface area contributed by atoms with Crippen molar-refractivity contribution in [2.24, 2.45) is 0 Å². The van der Waals surface area contributed by atoms with E-state index in [2.05, 4.69) is 0 Å². The second-order valence-electron chi connectivity index (χ2n) is 7.47. The molecule has 0 radical (unpaired) electrons. The second-order valence-corrected chi connectivity index (χ2v) is 10.4. The van der Waals surface area contributed by atoms with Gasteiger partial charge in [-0.25, -0.2) is 12.8 Å². The summed E-state index contributed by atoms with van der Waals surface area (Å²) in [4.78, 5) is 12.5. The van der Waals surface area contributed by atoms with E-state index in [9.17, 15) is 30.8 Å². The van der Waals surface area contributed by atoms with Crippen LogP contribution in [0.15, 0.2) is 77.7 Å². The van der Waals surface area contributed by atoms with Crippen molar-refractivity contribution in [2.75, 3.05) is 4.31 Å². The summed E-state index contributed by atoms with van der Waals surface area (Å²) >= 11 is 1.04. The van der Waals surface area contributed by atoms with Gasteiger partial charge in [0.05, 0.1) is 22.6 Å². The molecule has 1 heterocycles. The zero-order chi connectivity index (χ0) is 24.7. The van der Waals surface area contributed by atoms with Crippen LogP contribution in [0.3, 0.4) is 0 Å². The summed E-state index contributed by atoms with van der Waals surface area (Å²) in [5.74, 6) is -1.85. The summed E-state index contributed by atoms with van der Waals surface area (Å²) in [6.45, 7) is 0.763. The van der Waals surface area contributed by atoms with E-state index >= 15 is 0 Å². The van der Waals surface area contributed by atoms with Gasteiger partial charge in [-0.3, -0.25) is 9.10 Å². The Morgan fingerprint density at radius 3 is 2.26 bits per heavy atom. The summed E-state index contributed by atoms with van der Waals surface area (Å²) < 4.78 is 82.6. The third-order valence-electron chi connectivity index (χ3n) is 5.15. The van der Waals surface area contributed by atoms with Gasteiger partial charge in [0, 0.05) is 10.1 Å². The number of alkyl halides is 3. The smallest absolute Gasteiger partial charge is 0.294 e. The standard InChI is InChI=1S/C24H17F4NO3S2/c1-15(30)22-18-9-5-6-10-21(18)33-23(22)29(34(31,32)17-7-3-2-4-8-17)14-16-11-12-20(25)19(13-16)24(26,27)28/h2-13H,14H2,1H3. The molecule has 3 aromatic carbocycles. The predicted molar refractivity (Wildman–Crippen MR) is 123 cm³/mol. The molecule has 34 heavy (non-hydrogen) atoms. The largest absolute Gasteiger partial charge is 0.419 e. The van der Waals surface area contributed by atoms with Gasteiger partial charge >= 0.3 is 6.18 Å². The summed E-state index contributed by atoms with van der Waals surface area (Å²) in [6.07, 6.45) is -4.95. The maximum absolute atomic E-state index is 13.8. The van der Waals surface area contributed by atoms with Crippen molar-refractivity contribution >= 4 is 42.2 Å². The number of sulfonamides is 1. The van der Waals surface area contributed by atoms with Gasteiger partial charge in [0.2, 0.25) is 0 Å². The van der Waals surface area contributed by atoms with E-state index < -0.39 is 39.9 Å². The number of ketones is 1. The van der Waals surface area contributed by atoms with Crippen LogP contribution in [0.1, 0.15) is 28.4 Å². The SMILES string of the molecule is CC(=O)c1c(N(Cc2ccc(F)c(C(F)(F)F)c2)S(=O)(=O)c2ccccc2)sc2ccccc12. The van der Waals surface area contributed by atoms with E-state index in [1.807, 2.05) is 0 Å². The predicted octanol–water partition coefficient (Wildman–Crippen LogP) is 6.66. The molecule has 0 saturated heterocycles. The van der Waals surface area contributed by atoms with Crippen molar-refractivity contribution in [3.63, 3.8) is 0 Å². The third kappa shape index (κ3) is 4.43. The zero-order valence-electron chi connectivity index (χ0n) is 17.6. The Balaban J connectivity index is 1.95. The quantitative estimate of drug-likeness (QED) is 0.217. The number of hydrogen-bond acceptors (Lipinski definition) is 4. The number of Topliss-reactive ketones (excluding diaryl/α,β-unsaturated/α-hetero) is 1.